The monoisotopic (exact) mass is 311 g/mol. The van der Waals surface area contributed by atoms with Gasteiger partial charge in [0.1, 0.15) is 18.3 Å². The minimum atomic E-state index is -0.516. The predicted molar refractivity (Wildman–Crippen MR) is 83.8 cm³/mol. The number of carbonyl (C=O) groups excluding carboxylic acids is 1. The second kappa shape index (κ2) is 7.78. The van der Waals surface area contributed by atoms with Crippen molar-refractivity contribution in [1.82, 2.24) is 0 Å². The van der Waals surface area contributed by atoms with Gasteiger partial charge in [-0.3, -0.25) is 4.79 Å². The minimum absolute atomic E-state index is 0.0843. The van der Waals surface area contributed by atoms with Crippen molar-refractivity contribution < 1.29 is 14.3 Å². The number of alkyl halides is 1. The molecule has 2 unspecified atom stereocenters. The first-order valence-electron chi connectivity index (χ1n) is 7.39. The van der Waals surface area contributed by atoms with Crippen molar-refractivity contribution in [3.63, 3.8) is 0 Å². The molecule has 0 N–H and O–H groups in total. The van der Waals surface area contributed by atoms with E-state index in [0.29, 0.717) is 26.4 Å². The van der Waals surface area contributed by atoms with Crippen LogP contribution >= 0.6 is 11.6 Å². The number of carbonyl (C=O) groups is 1. The van der Waals surface area contributed by atoms with Gasteiger partial charge >= 0.3 is 0 Å². The molecule has 0 saturated carbocycles. The molecule has 0 radical (unpaired) electrons. The lowest BCUT2D eigenvalue weighted by Gasteiger charge is -2.27. The number of halogens is 1. The van der Waals surface area contributed by atoms with Crippen LogP contribution in [-0.2, 0) is 20.7 Å². The van der Waals surface area contributed by atoms with E-state index in [1.54, 1.807) is 4.90 Å². The Morgan fingerprint density at radius 1 is 1.38 bits per heavy atom. The maximum absolute atomic E-state index is 12.5. The van der Waals surface area contributed by atoms with Gasteiger partial charge in [0, 0.05) is 5.69 Å². The highest BCUT2D eigenvalue weighted by Gasteiger charge is 2.27. The number of hydrogen-bond donors (Lipinski definition) is 0. The van der Waals surface area contributed by atoms with Gasteiger partial charge in [-0.05, 0) is 30.5 Å². The smallest absolute Gasteiger partial charge is 0.245 e. The Labute approximate surface area is 131 Å². The van der Waals surface area contributed by atoms with Crippen LogP contribution in [0.25, 0.3) is 0 Å². The van der Waals surface area contributed by atoms with Crippen LogP contribution < -0.4 is 4.90 Å². The van der Waals surface area contributed by atoms with Crippen molar-refractivity contribution in [1.29, 1.82) is 0 Å². The Kier molecular flexibility index (Phi) is 6.03. The second-order valence-electron chi connectivity index (χ2n) is 5.12. The van der Waals surface area contributed by atoms with E-state index in [1.807, 2.05) is 31.2 Å². The quantitative estimate of drug-likeness (QED) is 0.758. The summed E-state index contributed by atoms with van der Waals surface area (Å²) in [6, 6.07) is 8.01. The first-order valence-corrected chi connectivity index (χ1v) is 7.83. The molecule has 1 amide bonds. The van der Waals surface area contributed by atoms with Crippen molar-refractivity contribution >= 4 is 23.2 Å². The van der Waals surface area contributed by atoms with Crippen molar-refractivity contribution in [3.05, 3.63) is 29.8 Å². The van der Waals surface area contributed by atoms with Crippen LogP contribution in [0.3, 0.4) is 0 Å². The van der Waals surface area contributed by atoms with E-state index in [2.05, 4.69) is 6.92 Å². The SMILES string of the molecule is CCc1ccc(N(CC2COCO2)C(=O)C(Cl)CC)cc1. The van der Waals surface area contributed by atoms with Gasteiger partial charge in [0.25, 0.3) is 0 Å². The standard InChI is InChI=1S/C16H22ClNO3/c1-3-12-5-7-13(8-6-12)18(16(19)15(17)4-2)9-14-10-20-11-21-14/h5-8,14-15H,3-4,9-11H2,1-2H3. The number of benzene rings is 1. The summed E-state index contributed by atoms with van der Waals surface area (Å²) < 4.78 is 10.7. The van der Waals surface area contributed by atoms with Gasteiger partial charge in [-0.15, -0.1) is 11.6 Å². The Morgan fingerprint density at radius 3 is 2.62 bits per heavy atom. The number of nitrogens with zero attached hydrogens (tertiary/aromatic N) is 1. The molecule has 21 heavy (non-hydrogen) atoms. The summed E-state index contributed by atoms with van der Waals surface area (Å²) in [5.41, 5.74) is 2.09. The highest BCUT2D eigenvalue weighted by Crippen LogP contribution is 2.21. The first kappa shape index (κ1) is 16.3. The van der Waals surface area contributed by atoms with Crippen LogP contribution in [0, 0.1) is 0 Å². The van der Waals surface area contributed by atoms with E-state index >= 15 is 0 Å². The van der Waals surface area contributed by atoms with E-state index in [-0.39, 0.29) is 12.0 Å². The normalized spacial score (nSPS) is 19.5. The fourth-order valence-electron chi connectivity index (χ4n) is 2.26. The van der Waals surface area contributed by atoms with E-state index in [1.165, 1.54) is 5.56 Å². The summed E-state index contributed by atoms with van der Waals surface area (Å²) >= 11 is 6.14. The van der Waals surface area contributed by atoms with E-state index in [9.17, 15) is 4.79 Å². The van der Waals surface area contributed by atoms with Crippen molar-refractivity contribution in [2.45, 2.75) is 38.2 Å². The molecule has 0 aromatic heterocycles. The Hall–Kier alpha value is -1.10. The summed E-state index contributed by atoms with van der Waals surface area (Å²) in [6.45, 7) is 5.28. The van der Waals surface area contributed by atoms with Crippen molar-refractivity contribution in [2.75, 3.05) is 24.8 Å². The van der Waals surface area contributed by atoms with Crippen LogP contribution in [-0.4, -0.2) is 37.3 Å². The van der Waals surface area contributed by atoms with E-state index in [0.717, 1.165) is 12.1 Å². The number of hydrogen-bond acceptors (Lipinski definition) is 3. The van der Waals surface area contributed by atoms with E-state index in [4.69, 9.17) is 21.1 Å². The molecule has 1 aliphatic heterocycles. The van der Waals surface area contributed by atoms with E-state index < -0.39 is 5.38 Å². The summed E-state index contributed by atoms with van der Waals surface area (Å²) in [5, 5.41) is -0.516. The lowest BCUT2D eigenvalue weighted by Crippen LogP contribution is -2.42. The van der Waals surface area contributed by atoms with Gasteiger partial charge < -0.3 is 14.4 Å². The fourth-order valence-corrected chi connectivity index (χ4v) is 2.38. The Morgan fingerprint density at radius 2 is 2.10 bits per heavy atom. The van der Waals surface area contributed by atoms with Crippen LogP contribution in [0.4, 0.5) is 5.69 Å². The zero-order valence-electron chi connectivity index (χ0n) is 12.5. The zero-order chi connectivity index (χ0) is 15.2. The molecule has 0 spiro atoms. The molecular formula is C16H22ClNO3. The molecule has 1 fully saturated rings. The molecule has 1 aromatic carbocycles. The molecule has 1 saturated heterocycles. The van der Waals surface area contributed by atoms with Crippen LogP contribution in [0.1, 0.15) is 25.8 Å². The third-order valence-electron chi connectivity index (χ3n) is 3.63. The highest BCUT2D eigenvalue weighted by molar-refractivity contribution is 6.32. The van der Waals surface area contributed by atoms with Gasteiger partial charge in [0.15, 0.2) is 0 Å². The topological polar surface area (TPSA) is 38.8 Å². The van der Waals surface area contributed by atoms with Crippen LogP contribution in [0.5, 0.6) is 0 Å². The summed E-state index contributed by atoms with van der Waals surface area (Å²) in [4.78, 5) is 14.2. The third kappa shape index (κ3) is 4.19. The molecule has 0 bridgehead atoms. The molecule has 0 aliphatic carbocycles. The second-order valence-corrected chi connectivity index (χ2v) is 5.65. The molecular weight excluding hydrogens is 290 g/mol. The Bertz CT molecular complexity index is 457. The molecule has 2 atom stereocenters. The van der Waals surface area contributed by atoms with Gasteiger partial charge in [0.2, 0.25) is 5.91 Å². The number of amides is 1. The lowest BCUT2D eigenvalue weighted by atomic mass is 10.1. The van der Waals surface area contributed by atoms with Gasteiger partial charge in [-0.25, -0.2) is 0 Å². The van der Waals surface area contributed by atoms with Crippen molar-refractivity contribution in [2.24, 2.45) is 0 Å². The summed E-state index contributed by atoms with van der Waals surface area (Å²) in [6.07, 6.45) is 1.48. The number of rotatable bonds is 6. The van der Waals surface area contributed by atoms with Crippen LogP contribution in [0.2, 0.25) is 0 Å². The number of aryl methyl sites for hydroxylation is 1. The number of ether oxygens (including phenoxy) is 2. The Balaban J connectivity index is 2.18. The molecule has 116 valence electrons. The van der Waals surface area contributed by atoms with Gasteiger partial charge in [-0.1, -0.05) is 26.0 Å². The van der Waals surface area contributed by atoms with Gasteiger partial charge in [-0.2, -0.15) is 0 Å². The molecule has 1 aliphatic rings. The maximum Gasteiger partial charge on any atom is 0.245 e. The molecule has 4 nitrogen and oxygen atoms in total. The highest BCUT2D eigenvalue weighted by atomic mass is 35.5. The minimum Gasteiger partial charge on any atom is -0.353 e. The third-order valence-corrected chi connectivity index (χ3v) is 4.12. The molecule has 2 rings (SSSR count). The van der Waals surface area contributed by atoms with Gasteiger partial charge in [0.05, 0.1) is 13.2 Å². The molecule has 1 aromatic rings. The summed E-state index contributed by atoms with van der Waals surface area (Å²) in [5.74, 6) is -0.0843. The molecule has 5 heteroatoms. The fraction of sp³-hybridized carbons (Fsp3) is 0.562. The largest absolute Gasteiger partial charge is 0.353 e. The zero-order valence-corrected chi connectivity index (χ0v) is 13.3. The maximum atomic E-state index is 12.5. The summed E-state index contributed by atoms with van der Waals surface area (Å²) in [7, 11) is 0. The average Bonchev–Trinajstić information content (AvgIpc) is 3.04. The van der Waals surface area contributed by atoms with Crippen LogP contribution in [0.15, 0.2) is 24.3 Å². The van der Waals surface area contributed by atoms with Crippen molar-refractivity contribution in [3.8, 4) is 0 Å². The predicted octanol–water partition coefficient (Wildman–Crippen LogP) is 2.97. The average molecular weight is 312 g/mol. The number of anilines is 1. The molecule has 1 heterocycles. The first-order chi connectivity index (χ1) is 10.2. The lowest BCUT2D eigenvalue weighted by molar-refractivity contribution is -0.118.